The molecule has 4 nitrogen and oxygen atoms in total. The van der Waals surface area contributed by atoms with Gasteiger partial charge < -0.3 is 4.74 Å². The molecule has 0 amide bonds. The van der Waals surface area contributed by atoms with Crippen molar-refractivity contribution in [2.24, 2.45) is 0 Å². The average molecular weight is 406 g/mol. The van der Waals surface area contributed by atoms with Crippen molar-refractivity contribution >= 4 is 21.6 Å². The first-order valence-corrected chi connectivity index (χ1v) is 9.57. The minimum atomic E-state index is -4.82. The van der Waals surface area contributed by atoms with Crippen molar-refractivity contribution in [3.05, 3.63) is 59.1 Å². The normalized spacial score (nSPS) is 16.3. The van der Waals surface area contributed by atoms with Crippen LogP contribution in [0, 0.1) is 0 Å². The van der Waals surface area contributed by atoms with Crippen molar-refractivity contribution in [2.45, 2.75) is 29.5 Å². The molecular weight excluding hydrogens is 391 g/mol. The second-order valence-corrected chi connectivity index (χ2v) is 8.33. The van der Waals surface area contributed by atoms with E-state index in [1.807, 2.05) is 12.1 Å². The zero-order chi connectivity index (χ0) is 19.0. The van der Waals surface area contributed by atoms with E-state index in [1.165, 1.54) is 0 Å². The molecule has 0 heterocycles. The van der Waals surface area contributed by atoms with E-state index in [-0.39, 0.29) is 16.9 Å². The topological polar surface area (TPSA) is 55.4 Å². The van der Waals surface area contributed by atoms with Gasteiger partial charge in [0.25, 0.3) is 0 Å². The number of rotatable bonds is 6. The highest BCUT2D eigenvalue weighted by Crippen LogP contribution is 2.48. The summed E-state index contributed by atoms with van der Waals surface area (Å²) >= 11 is 5.87. The summed E-state index contributed by atoms with van der Waals surface area (Å²) < 4.78 is 67.5. The summed E-state index contributed by atoms with van der Waals surface area (Å²) in [5, 5.41) is 0.603. The number of ether oxygens (including phenoxy) is 1. The van der Waals surface area contributed by atoms with Gasteiger partial charge in [-0.05, 0) is 54.8 Å². The van der Waals surface area contributed by atoms with Crippen molar-refractivity contribution in [3.8, 4) is 5.75 Å². The highest BCUT2D eigenvalue weighted by molar-refractivity contribution is 7.89. The highest BCUT2D eigenvalue weighted by Gasteiger charge is 2.44. The minimum Gasteiger partial charge on any atom is -0.406 e. The highest BCUT2D eigenvalue weighted by atomic mass is 35.5. The van der Waals surface area contributed by atoms with Crippen LogP contribution in [-0.2, 0) is 15.4 Å². The van der Waals surface area contributed by atoms with Crippen LogP contribution in [0.4, 0.5) is 13.2 Å². The quantitative estimate of drug-likeness (QED) is 0.781. The maximum Gasteiger partial charge on any atom is 0.573 e. The largest absolute Gasteiger partial charge is 0.573 e. The fourth-order valence-corrected chi connectivity index (χ4v) is 3.91. The third-order valence-electron chi connectivity index (χ3n) is 4.28. The molecule has 0 saturated heterocycles. The van der Waals surface area contributed by atoms with Gasteiger partial charge in [0.05, 0.1) is 4.90 Å². The monoisotopic (exact) mass is 405 g/mol. The Morgan fingerprint density at radius 3 is 2.12 bits per heavy atom. The Hall–Kier alpha value is -1.77. The molecule has 0 atom stereocenters. The predicted octanol–water partition coefficient (Wildman–Crippen LogP) is 4.25. The van der Waals surface area contributed by atoms with Crippen molar-refractivity contribution in [2.75, 3.05) is 6.54 Å². The Labute approximate surface area is 154 Å². The molecule has 140 valence electrons. The smallest absolute Gasteiger partial charge is 0.406 e. The molecule has 0 aromatic heterocycles. The van der Waals surface area contributed by atoms with Crippen LogP contribution < -0.4 is 9.46 Å². The molecule has 0 radical (unpaired) electrons. The molecular formula is C17H15ClF3NO3S. The SMILES string of the molecule is O=S(=O)(NCC1(c2ccc(Cl)cc2)CC1)c1ccc(OC(F)(F)F)cc1. The first kappa shape index (κ1) is 19.0. The van der Waals surface area contributed by atoms with Crippen LogP contribution in [0.25, 0.3) is 0 Å². The fourth-order valence-electron chi connectivity index (χ4n) is 2.66. The summed E-state index contributed by atoms with van der Waals surface area (Å²) in [5.74, 6) is -0.476. The Kier molecular flexibility index (Phi) is 4.94. The lowest BCUT2D eigenvalue weighted by Gasteiger charge is -2.17. The van der Waals surface area contributed by atoms with Gasteiger partial charge in [0.2, 0.25) is 10.0 Å². The summed E-state index contributed by atoms with van der Waals surface area (Å²) in [7, 11) is -3.84. The third kappa shape index (κ3) is 4.49. The van der Waals surface area contributed by atoms with E-state index < -0.39 is 22.1 Å². The van der Waals surface area contributed by atoms with E-state index in [4.69, 9.17) is 11.6 Å². The van der Waals surface area contributed by atoms with Crippen molar-refractivity contribution in [3.63, 3.8) is 0 Å². The number of alkyl halides is 3. The second-order valence-electron chi connectivity index (χ2n) is 6.13. The number of sulfonamides is 1. The predicted molar refractivity (Wildman–Crippen MR) is 90.7 cm³/mol. The first-order chi connectivity index (χ1) is 12.1. The lowest BCUT2D eigenvalue weighted by Crippen LogP contribution is -2.32. The fraction of sp³-hybridized carbons (Fsp3) is 0.294. The van der Waals surface area contributed by atoms with Crippen LogP contribution >= 0.6 is 11.6 Å². The molecule has 1 fully saturated rings. The third-order valence-corrected chi connectivity index (χ3v) is 5.95. The van der Waals surface area contributed by atoms with Gasteiger partial charge in [0.15, 0.2) is 0 Å². The van der Waals surface area contributed by atoms with Crippen LogP contribution in [0.2, 0.25) is 5.02 Å². The van der Waals surface area contributed by atoms with Gasteiger partial charge in [0.1, 0.15) is 5.75 Å². The number of nitrogens with one attached hydrogen (secondary N) is 1. The van der Waals surface area contributed by atoms with Gasteiger partial charge in [-0.3, -0.25) is 0 Å². The molecule has 26 heavy (non-hydrogen) atoms. The van der Waals surface area contributed by atoms with Crippen LogP contribution in [0.15, 0.2) is 53.4 Å². The molecule has 0 aliphatic heterocycles. The summed E-state index contributed by atoms with van der Waals surface area (Å²) in [6.45, 7) is 0.206. The van der Waals surface area contributed by atoms with Gasteiger partial charge in [-0.25, -0.2) is 13.1 Å². The molecule has 0 bridgehead atoms. The lowest BCUT2D eigenvalue weighted by molar-refractivity contribution is -0.274. The maximum atomic E-state index is 12.4. The molecule has 1 aliphatic rings. The van der Waals surface area contributed by atoms with Crippen molar-refractivity contribution < 1.29 is 26.3 Å². The molecule has 1 aliphatic carbocycles. The molecule has 0 unspecified atom stereocenters. The van der Waals surface area contributed by atoms with Crippen LogP contribution in [0.1, 0.15) is 18.4 Å². The summed E-state index contributed by atoms with van der Waals surface area (Å²) in [6.07, 6.45) is -3.14. The second kappa shape index (κ2) is 6.75. The Morgan fingerprint density at radius 2 is 1.62 bits per heavy atom. The molecule has 0 spiro atoms. The zero-order valence-corrected chi connectivity index (χ0v) is 15.0. The van der Waals surface area contributed by atoms with Gasteiger partial charge in [-0.1, -0.05) is 23.7 Å². The Morgan fingerprint density at radius 1 is 1.04 bits per heavy atom. The van der Waals surface area contributed by atoms with Crippen LogP contribution in [-0.4, -0.2) is 21.3 Å². The molecule has 3 rings (SSSR count). The van der Waals surface area contributed by atoms with Gasteiger partial charge in [-0.2, -0.15) is 0 Å². The van der Waals surface area contributed by atoms with E-state index >= 15 is 0 Å². The molecule has 1 saturated carbocycles. The Bertz CT molecular complexity index is 877. The number of hydrogen-bond acceptors (Lipinski definition) is 3. The number of hydrogen-bond donors (Lipinski definition) is 1. The molecule has 1 N–H and O–H groups in total. The van der Waals surface area contributed by atoms with E-state index in [0.29, 0.717) is 5.02 Å². The Balaban J connectivity index is 1.68. The lowest BCUT2D eigenvalue weighted by atomic mass is 9.96. The molecule has 2 aromatic rings. The van der Waals surface area contributed by atoms with E-state index in [0.717, 1.165) is 42.7 Å². The van der Waals surface area contributed by atoms with Gasteiger partial charge in [-0.15, -0.1) is 13.2 Å². The summed E-state index contributed by atoms with van der Waals surface area (Å²) in [4.78, 5) is -0.126. The standard InChI is InChI=1S/C17H15ClF3NO3S/c18-13-3-1-12(2-4-13)16(9-10-16)11-22-26(23,24)15-7-5-14(6-8-15)25-17(19,20)21/h1-8,22H,9-11H2. The van der Waals surface area contributed by atoms with E-state index in [2.05, 4.69) is 9.46 Å². The van der Waals surface area contributed by atoms with Crippen LogP contribution in [0.3, 0.4) is 0 Å². The van der Waals surface area contributed by atoms with Gasteiger partial charge in [0, 0.05) is 17.0 Å². The van der Waals surface area contributed by atoms with Gasteiger partial charge >= 0.3 is 6.36 Å². The minimum absolute atomic E-state index is 0.126. The number of benzene rings is 2. The molecule has 2 aromatic carbocycles. The molecule has 9 heteroatoms. The van der Waals surface area contributed by atoms with E-state index in [1.54, 1.807) is 12.1 Å². The maximum absolute atomic E-state index is 12.4. The average Bonchev–Trinajstić information content (AvgIpc) is 3.34. The first-order valence-electron chi connectivity index (χ1n) is 7.71. The summed E-state index contributed by atoms with van der Waals surface area (Å²) in [6, 6.07) is 11.3. The zero-order valence-electron chi connectivity index (χ0n) is 13.4. The number of halogens is 4. The van der Waals surface area contributed by atoms with Crippen LogP contribution in [0.5, 0.6) is 5.75 Å². The van der Waals surface area contributed by atoms with E-state index in [9.17, 15) is 21.6 Å². The van der Waals surface area contributed by atoms with Crippen molar-refractivity contribution in [1.29, 1.82) is 0 Å². The summed E-state index contributed by atoms with van der Waals surface area (Å²) in [5.41, 5.74) is 0.732. The van der Waals surface area contributed by atoms with Crippen molar-refractivity contribution in [1.82, 2.24) is 4.72 Å².